The maximum atomic E-state index is 6.15. The van der Waals surface area contributed by atoms with Gasteiger partial charge < -0.3 is 10.2 Å². The van der Waals surface area contributed by atoms with Crippen molar-refractivity contribution in [2.75, 3.05) is 5.73 Å². The SMILES string of the molecule is CCc1c(-c2nn(CC(C)C)cc2N)oc2ccccc12. The minimum Gasteiger partial charge on any atom is -0.454 e. The Morgan fingerprint density at radius 1 is 1.29 bits per heavy atom. The Bertz CT molecular complexity index is 768. The van der Waals surface area contributed by atoms with E-state index in [2.05, 4.69) is 31.9 Å². The van der Waals surface area contributed by atoms with E-state index < -0.39 is 0 Å². The summed E-state index contributed by atoms with van der Waals surface area (Å²) in [6.07, 6.45) is 2.78. The van der Waals surface area contributed by atoms with E-state index in [1.54, 1.807) is 0 Å². The molecule has 0 fully saturated rings. The fourth-order valence-electron chi connectivity index (χ4n) is 2.72. The molecule has 0 bridgehead atoms. The van der Waals surface area contributed by atoms with Crippen LogP contribution in [0, 0.1) is 5.92 Å². The summed E-state index contributed by atoms with van der Waals surface area (Å²) in [5.41, 5.74) is 9.64. The van der Waals surface area contributed by atoms with Crippen LogP contribution in [-0.4, -0.2) is 9.78 Å². The van der Waals surface area contributed by atoms with E-state index in [0.29, 0.717) is 11.6 Å². The Hall–Kier alpha value is -2.23. The molecule has 21 heavy (non-hydrogen) atoms. The number of aromatic nitrogens is 2. The average molecular weight is 283 g/mol. The molecule has 3 rings (SSSR count). The van der Waals surface area contributed by atoms with Gasteiger partial charge in [0, 0.05) is 23.7 Å². The van der Waals surface area contributed by atoms with Gasteiger partial charge >= 0.3 is 0 Å². The van der Waals surface area contributed by atoms with Crippen molar-refractivity contribution in [3.63, 3.8) is 0 Å². The van der Waals surface area contributed by atoms with Crippen LogP contribution in [0.25, 0.3) is 22.4 Å². The lowest BCUT2D eigenvalue weighted by Gasteiger charge is -2.03. The first-order valence-electron chi connectivity index (χ1n) is 7.43. The summed E-state index contributed by atoms with van der Waals surface area (Å²) < 4.78 is 7.92. The second-order valence-corrected chi connectivity index (χ2v) is 5.81. The molecule has 4 heteroatoms. The molecule has 0 aliphatic rings. The largest absolute Gasteiger partial charge is 0.454 e. The third-order valence-electron chi connectivity index (χ3n) is 3.61. The number of para-hydroxylation sites is 1. The average Bonchev–Trinajstić information content (AvgIpc) is 2.97. The van der Waals surface area contributed by atoms with Crippen molar-refractivity contribution >= 4 is 16.7 Å². The van der Waals surface area contributed by atoms with Crippen LogP contribution in [0.4, 0.5) is 5.69 Å². The standard InChI is InChI=1S/C17H21N3O/c1-4-12-13-7-5-6-8-15(13)21-17(12)16-14(18)10-20(19-16)9-11(2)3/h5-8,10-11H,4,9,18H2,1-3H3. The summed E-state index contributed by atoms with van der Waals surface area (Å²) in [4.78, 5) is 0. The van der Waals surface area contributed by atoms with Gasteiger partial charge in [-0.15, -0.1) is 0 Å². The van der Waals surface area contributed by atoms with Crippen molar-refractivity contribution in [3.05, 3.63) is 36.0 Å². The minimum atomic E-state index is 0.526. The van der Waals surface area contributed by atoms with Gasteiger partial charge in [-0.25, -0.2) is 0 Å². The molecule has 0 aliphatic carbocycles. The maximum absolute atomic E-state index is 6.15. The Kier molecular flexibility index (Phi) is 3.45. The summed E-state index contributed by atoms with van der Waals surface area (Å²) in [5, 5.41) is 5.77. The van der Waals surface area contributed by atoms with E-state index in [0.717, 1.165) is 35.4 Å². The van der Waals surface area contributed by atoms with E-state index in [4.69, 9.17) is 10.2 Å². The molecule has 0 unspecified atom stereocenters. The normalized spacial score (nSPS) is 11.6. The van der Waals surface area contributed by atoms with E-state index in [-0.39, 0.29) is 0 Å². The zero-order chi connectivity index (χ0) is 15.0. The number of nitrogens with zero attached hydrogens (tertiary/aromatic N) is 2. The first-order valence-corrected chi connectivity index (χ1v) is 7.43. The van der Waals surface area contributed by atoms with Crippen molar-refractivity contribution in [2.24, 2.45) is 5.92 Å². The minimum absolute atomic E-state index is 0.526. The predicted octanol–water partition coefficient (Wildman–Crippen LogP) is 4.10. The van der Waals surface area contributed by atoms with Crippen molar-refractivity contribution in [1.82, 2.24) is 9.78 Å². The Labute approximate surface area is 124 Å². The highest BCUT2D eigenvalue weighted by Gasteiger charge is 2.19. The van der Waals surface area contributed by atoms with Crippen LogP contribution in [0.2, 0.25) is 0 Å². The predicted molar refractivity (Wildman–Crippen MR) is 86.1 cm³/mol. The number of benzene rings is 1. The number of anilines is 1. The van der Waals surface area contributed by atoms with E-state index in [1.807, 2.05) is 29.1 Å². The molecule has 0 spiro atoms. The van der Waals surface area contributed by atoms with Gasteiger partial charge in [-0.05, 0) is 18.4 Å². The molecule has 0 radical (unpaired) electrons. The molecule has 0 amide bonds. The lowest BCUT2D eigenvalue weighted by atomic mass is 10.1. The van der Waals surface area contributed by atoms with Crippen molar-refractivity contribution in [3.8, 4) is 11.5 Å². The summed E-state index contributed by atoms with van der Waals surface area (Å²) >= 11 is 0. The molecule has 0 saturated carbocycles. The smallest absolute Gasteiger partial charge is 0.160 e. The number of nitrogens with two attached hydrogens (primary N) is 1. The van der Waals surface area contributed by atoms with Gasteiger partial charge in [0.25, 0.3) is 0 Å². The monoisotopic (exact) mass is 283 g/mol. The van der Waals surface area contributed by atoms with Gasteiger partial charge in [0.15, 0.2) is 11.5 Å². The van der Waals surface area contributed by atoms with Crippen molar-refractivity contribution < 1.29 is 4.42 Å². The van der Waals surface area contributed by atoms with Crippen LogP contribution >= 0.6 is 0 Å². The number of aryl methyl sites for hydroxylation is 1. The number of furan rings is 1. The van der Waals surface area contributed by atoms with Crippen LogP contribution < -0.4 is 5.73 Å². The van der Waals surface area contributed by atoms with Crippen LogP contribution in [0.15, 0.2) is 34.9 Å². The lowest BCUT2D eigenvalue weighted by molar-refractivity contribution is 0.483. The highest BCUT2D eigenvalue weighted by atomic mass is 16.3. The van der Waals surface area contributed by atoms with Gasteiger partial charge in [0.1, 0.15) is 5.58 Å². The number of rotatable bonds is 4. The van der Waals surface area contributed by atoms with Crippen LogP contribution in [0.3, 0.4) is 0 Å². The molecule has 0 atom stereocenters. The summed E-state index contributed by atoms with van der Waals surface area (Å²) in [6, 6.07) is 8.08. The maximum Gasteiger partial charge on any atom is 0.160 e. The molecular formula is C17H21N3O. The van der Waals surface area contributed by atoms with Crippen LogP contribution in [0.1, 0.15) is 26.3 Å². The van der Waals surface area contributed by atoms with E-state index in [1.165, 1.54) is 5.56 Å². The molecule has 3 aromatic rings. The van der Waals surface area contributed by atoms with Gasteiger partial charge in [0.2, 0.25) is 0 Å². The third kappa shape index (κ3) is 2.42. The number of hydrogen-bond donors (Lipinski definition) is 1. The third-order valence-corrected chi connectivity index (χ3v) is 3.61. The molecule has 2 N–H and O–H groups in total. The first kappa shape index (κ1) is 13.7. The number of fused-ring (bicyclic) bond motifs is 1. The summed E-state index contributed by atoms with van der Waals surface area (Å²) in [6.45, 7) is 7.31. The molecule has 1 aromatic carbocycles. The van der Waals surface area contributed by atoms with E-state index >= 15 is 0 Å². The quantitative estimate of drug-likeness (QED) is 0.784. The van der Waals surface area contributed by atoms with Gasteiger partial charge in [0.05, 0.1) is 5.69 Å². The van der Waals surface area contributed by atoms with Crippen LogP contribution in [-0.2, 0) is 13.0 Å². The van der Waals surface area contributed by atoms with Crippen molar-refractivity contribution in [1.29, 1.82) is 0 Å². The zero-order valence-electron chi connectivity index (χ0n) is 12.8. The second-order valence-electron chi connectivity index (χ2n) is 5.81. The number of hydrogen-bond acceptors (Lipinski definition) is 3. The number of nitrogen functional groups attached to an aromatic ring is 1. The molecule has 4 nitrogen and oxygen atoms in total. The molecule has 2 aromatic heterocycles. The fraction of sp³-hybridized carbons (Fsp3) is 0.353. The van der Waals surface area contributed by atoms with Crippen LogP contribution in [0.5, 0.6) is 0 Å². The fourth-order valence-corrected chi connectivity index (χ4v) is 2.72. The van der Waals surface area contributed by atoms with E-state index in [9.17, 15) is 0 Å². The molecular weight excluding hydrogens is 262 g/mol. The molecule has 0 saturated heterocycles. The van der Waals surface area contributed by atoms with Gasteiger partial charge in [-0.1, -0.05) is 39.0 Å². The highest BCUT2D eigenvalue weighted by Crippen LogP contribution is 2.35. The van der Waals surface area contributed by atoms with Gasteiger partial charge in [-0.3, -0.25) is 4.68 Å². The zero-order valence-corrected chi connectivity index (χ0v) is 12.8. The summed E-state index contributed by atoms with van der Waals surface area (Å²) in [7, 11) is 0. The highest BCUT2D eigenvalue weighted by molar-refractivity contribution is 5.89. The first-order chi connectivity index (χ1) is 10.1. The molecule has 2 heterocycles. The molecule has 0 aliphatic heterocycles. The van der Waals surface area contributed by atoms with Gasteiger partial charge in [-0.2, -0.15) is 5.10 Å². The van der Waals surface area contributed by atoms with Crippen molar-refractivity contribution in [2.45, 2.75) is 33.7 Å². The molecule has 110 valence electrons. The Morgan fingerprint density at radius 3 is 2.76 bits per heavy atom. The Balaban J connectivity index is 2.14. The summed E-state index contributed by atoms with van der Waals surface area (Å²) in [5.74, 6) is 1.33. The lowest BCUT2D eigenvalue weighted by Crippen LogP contribution is -2.04. The Morgan fingerprint density at radius 2 is 2.05 bits per heavy atom. The topological polar surface area (TPSA) is 57.0 Å². The second kappa shape index (κ2) is 5.28.